The summed E-state index contributed by atoms with van der Waals surface area (Å²) in [4.78, 5) is 28.9. The minimum atomic E-state index is -0.991. The lowest BCUT2D eigenvalue weighted by molar-refractivity contribution is -0.132. The van der Waals surface area contributed by atoms with Crippen molar-refractivity contribution in [1.29, 1.82) is 0 Å². The summed E-state index contributed by atoms with van der Waals surface area (Å²) in [7, 11) is 2.99. The monoisotopic (exact) mass is 701 g/mol. The molecule has 0 aliphatic carbocycles. The third-order valence-corrected chi connectivity index (χ3v) is 10.5. The molecule has 5 aromatic carbocycles. The van der Waals surface area contributed by atoms with Crippen LogP contribution in [-0.4, -0.2) is 41.2 Å². The molecule has 0 bridgehead atoms. The Bertz CT molecular complexity index is 2210. The first kappa shape index (κ1) is 32.9. The number of methoxy groups -OCH3 is 2. The first-order chi connectivity index (χ1) is 24.4. The van der Waals surface area contributed by atoms with E-state index in [1.807, 2.05) is 48.5 Å². The van der Waals surface area contributed by atoms with Gasteiger partial charge in [-0.3, -0.25) is 14.5 Å². The van der Waals surface area contributed by atoms with Crippen molar-refractivity contribution in [1.82, 2.24) is 10.2 Å². The van der Waals surface area contributed by atoms with Crippen molar-refractivity contribution in [3.8, 4) is 17.2 Å². The number of hydrogen-bond donors (Lipinski definition) is 1. The van der Waals surface area contributed by atoms with Crippen LogP contribution < -0.4 is 19.1 Å². The highest BCUT2D eigenvalue weighted by Crippen LogP contribution is 2.45. The second kappa shape index (κ2) is 14.5. The second-order valence-corrected chi connectivity index (χ2v) is 13.5. The maximum atomic E-state index is 13.8. The van der Waals surface area contributed by atoms with Crippen LogP contribution in [0.4, 0.5) is 5.13 Å². The molecule has 250 valence electrons. The molecule has 1 N–H and O–H groups in total. The standard InChI is InChI=1S/C39H31N3O6S2/c1-46-31-20-17-27(21-32(31)47-2)35(43)33-34(26-15-18-29(19-16-26)48-22-24-9-4-3-5-10-24)42(37(45)36(33)44)38-40-41-39(50-38)49-23-28-13-8-12-25-11-6-7-14-30(25)28/h3-21,34,43H,22-23H2,1-2H3/t34-/m0/s1. The highest BCUT2D eigenvalue weighted by Gasteiger charge is 2.48. The molecular formula is C39H31N3O6S2. The number of ether oxygens (including phenoxy) is 3. The largest absolute Gasteiger partial charge is 0.507 e. The van der Waals surface area contributed by atoms with Gasteiger partial charge in [-0.25, -0.2) is 0 Å². The van der Waals surface area contributed by atoms with Gasteiger partial charge < -0.3 is 19.3 Å². The number of amides is 1. The molecule has 1 aliphatic rings. The molecule has 1 fully saturated rings. The van der Waals surface area contributed by atoms with Crippen molar-refractivity contribution in [2.24, 2.45) is 0 Å². The number of nitrogens with zero attached hydrogens (tertiary/aromatic N) is 3. The molecule has 0 saturated carbocycles. The number of carbonyl (C=O) groups is 2. The van der Waals surface area contributed by atoms with Gasteiger partial charge in [0.25, 0.3) is 5.78 Å². The lowest BCUT2D eigenvalue weighted by Gasteiger charge is -2.23. The Morgan fingerprint density at radius 1 is 0.840 bits per heavy atom. The van der Waals surface area contributed by atoms with E-state index < -0.39 is 17.7 Å². The molecule has 1 aliphatic heterocycles. The third-order valence-electron chi connectivity index (χ3n) is 8.38. The fraction of sp³-hybridized carbons (Fsp3) is 0.128. The molecule has 9 nitrogen and oxygen atoms in total. The van der Waals surface area contributed by atoms with Crippen molar-refractivity contribution in [3.63, 3.8) is 0 Å². The van der Waals surface area contributed by atoms with Crippen LogP contribution in [0.1, 0.15) is 28.3 Å². The Balaban J connectivity index is 1.23. The minimum absolute atomic E-state index is 0.0830. The zero-order valence-corrected chi connectivity index (χ0v) is 28.7. The summed E-state index contributed by atoms with van der Waals surface area (Å²) >= 11 is 2.72. The van der Waals surface area contributed by atoms with Crippen LogP contribution in [0.2, 0.25) is 0 Å². The number of carbonyl (C=O) groups excluding carboxylic acids is 2. The van der Waals surface area contributed by atoms with Crippen LogP contribution in [0.5, 0.6) is 17.2 Å². The van der Waals surface area contributed by atoms with Gasteiger partial charge in [0, 0.05) is 11.3 Å². The van der Waals surface area contributed by atoms with Crippen LogP contribution >= 0.6 is 23.1 Å². The molecular weight excluding hydrogens is 671 g/mol. The van der Waals surface area contributed by atoms with E-state index in [2.05, 4.69) is 34.5 Å². The molecule has 0 spiro atoms. The zero-order chi connectivity index (χ0) is 34.6. The summed E-state index contributed by atoms with van der Waals surface area (Å²) < 4.78 is 17.4. The van der Waals surface area contributed by atoms with Gasteiger partial charge in [0.15, 0.2) is 15.8 Å². The highest BCUT2D eigenvalue weighted by atomic mass is 32.2. The molecule has 2 heterocycles. The normalized spacial score (nSPS) is 15.4. The summed E-state index contributed by atoms with van der Waals surface area (Å²) in [6, 6.07) is 35.1. The van der Waals surface area contributed by atoms with Crippen molar-refractivity contribution >= 4 is 56.5 Å². The van der Waals surface area contributed by atoms with Crippen molar-refractivity contribution in [2.75, 3.05) is 19.1 Å². The first-order valence-electron chi connectivity index (χ1n) is 15.7. The predicted octanol–water partition coefficient (Wildman–Crippen LogP) is 8.21. The van der Waals surface area contributed by atoms with E-state index in [9.17, 15) is 14.7 Å². The highest BCUT2D eigenvalue weighted by molar-refractivity contribution is 8.00. The number of Topliss-reactive ketones (excluding diaryl/α,β-unsaturated/α-hetero) is 1. The Kier molecular flexibility index (Phi) is 9.50. The maximum Gasteiger partial charge on any atom is 0.301 e. The Morgan fingerprint density at radius 2 is 1.58 bits per heavy atom. The number of aliphatic hydroxyl groups is 1. The molecule has 1 atom stereocenters. The van der Waals surface area contributed by atoms with Crippen molar-refractivity contribution in [3.05, 3.63) is 143 Å². The van der Waals surface area contributed by atoms with E-state index in [0.29, 0.717) is 39.5 Å². The summed E-state index contributed by atoms with van der Waals surface area (Å²) in [6.07, 6.45) is 0. The van der Waals surface area contributed by atoms with E-state index in [0.717, 1.165) is 21.9 Å². The van der Waals surface area contributed by atoms with Crippen LogP contribution in [-0.2, 0) is 21.9 Å². The number of thioether (sulfide) groups is 1. The third kappa shape index (κ3) is 6.52. The van der Waals surface area contributed by atoms with Gasteiger partial charge in [-0.15, -0.1) is 10.2 Å². The number of aromatic nitrogens is 2. The number of ketones is 1. The Hall–Kier alpha value is -5.65. The van der Waals surface area contributed by atoms with Gasteiger partial charge in [0.2, 0.25) is 5.13 Å². The number of hydrogen-bond acceptors (Lipinski definition) is 10. The molecule has 1 saturated heterocycles. The van der Waals surface area contributed by atoms with E-state index >= 15 is 0 Å². The average molecular weight is 702 g/mol. The van der Waals surface area contributed by atoms with Gasteiger partial charge in [-0.2, -0.15) is 0 Å². The molecule has 7 rings (SSSR count). The molecule has 0 radical (unpaired) electrons. The smallest absolute Gasteiger partial charge is 0.301 e. The minimum Gasteiger partial charge on any atom is -0.507 e. The fourth-order valence-corrected chi connectivity index (χ4v) is 7.76. The predicted molar refractivity (Wildman–Crippen MR) is 195 cm³/mol. The summed E-state index contributed by atoms with van der Waals surface area (Å²) in [5.74, 6) is 0.0553. The van der Waals surface area contributed by atoms with Gasteiger partial charge in [0.05, 0.1) is 25.8 Å². The fourth-order valence-electron chi connectivity index (χ4n) is 5.89. The number of anilines is 1. The summed E-state index contributed by atoms with van der Waals surface area (Å²) in [6.45, 7) is 0.377. The van der Waals surface area contributed by atoms with Gasteiger partial charge in [-0.1, -0.05) is 108 Å². The van der Waals surface area contributed by atoms with Gasteiger partial charge >= 0.3 is 5.91 Å². The van der Waals surface area contributed by atoms with E-state index in [-0.39, 0.29) is 22.0 Å². The number of benzene rings is 5. The van der Waals surface area contributed by atoms with Crippen LogP contribution in [0, 0.1) is 0 Å². The average Bonchev–Trinajstić information content (AvgIpc) is 3.74. The van der Waals surface area contributed by atoms with Crippen molar-refractivity contribution in [2.45, 2.75) is 22.7 Å². The first-order valence-corrected chi connectivity index (χ1v) is 17.5. The molecule has 6 aromatic rings. The van der Waals surface area contributed by atoms with Crippen LogP contribution in [0.15, 0.2) is 125 Å². The van der Waals surface area contributed by atoms with E-state index in [1.54, 1.807) is 42.5 Å². The topological polar surface area (TPSA) is 111 Å². The quantitative estimate of drug-likeness (QED) is 0.0470. The van der Waals surface area contributed by atoms with E-state index in [4.69, 9.17) is 14.2 Å². The van der Waals surface area contributed by atoms with Crippen LogP contribution in [0.25, 0.3) is 16.5 Å². The maximum absolute atomic E-state index is 13.8. The summed E-state index contributed by atoms with van der Waals surface area (Å²) in [5, 5.41) is 23.0. The lowest BCUT2D eigenvalue weighted by Crippen LogP contribution is -2.29. The number of fused-ring (bicyclic) bond motifs is 1. The Morgan fingerprint density at radius 3 is 2.36 bits per heavy atom. The molecule has 1 amide bonds. The molecule has 0 unspecified atom stereocenters. The van der Waals surface area contributed by atoms with E-state index in [1.165, 1.54) is 42.2 Å². The molecule has 1 aromatic heterocycles. The Labute approximate surface area is 296 Å². The number of rotatable bonds is 11. The SMILES string of the molecule is COc1ccc(C(O)=C2C(=O)C(=O)N(c3nnc(SCc4cccc5ccccc45)s3)[C@H]2c2ccc(OCc3ccccc3)cc2)cc1OC. The van der Waals surface area contributed by atoms with Crippen molar-refractivity contribution < 1.29 is 28.9 Å². The molecule has 11 heteroatoms. The number of aliphatic hydroxyl groups excluding tert-OH is 1. The van der Waals surface area contributed by atoms with Crippen LogP contribution in [0.3, 0.4) is 0 Å². The zero-order valence-electron chi connectivity index (χ0n) is 27.1. The lowest BCUT2D eigenvalue weighted by atomic mass is 9.95. The van der Waals surface area contributed by atoms with Gasteiger partial charge in [0.1, 0.15) is 18.1 Å². The molecule has 50 heavy (non-hydrogen) atoms. The second-order valence-electron chi connectivity index (χ2n) is 11.4. The van der Waals surface area contributed by atoms with Gasteiger partial charge in [-0.05, 0) is 57.8 Å². The summed E-state index contributed by atoms with van der Waals surface area (Å²) in [5.41, 5.74) is 2.95.